The van der Waals surface area contributed by atoms with E-state index in [-0.39, 0.29) is 47.7 Å². The molecule has 0 aromatic heterocycles. The van der Waals surface area contributed by atoms with Crippen molar-refractivity contribution in [2.45, 2.75) is 42.9 Å². The van der Waals surface area contributed by atoms with Crippen molar-refractivity contribution in [3.8, 4) is 34.5 Å². The molecule has 234 valence electrons. The third kappa shape index (κ3) is 6.02. The van der Waals surface area contributed by atoms with Crippen LogP contribution in [0.2, 0.25) is 0 Å². The van der Waals surface area contributed by atoms with Gasteiger partial charge < -0.3 is 68.9 Å². The van der Waals surface area contributed by atoms with Crippen LogP contribution in [0.4, 0.5) is 0 Å². The Morgan fingerprint density at radius 1 is 0.810 bits per heavy atom. The molecular formula is C28H38O14. The molecular weight excluding hydrogens is 560 g/mol. The zero-order valence-corrected chi connectivity index (χ0v) is 23.6. The monoisotopic (exact) mass is 598 g/mol. The minimum atomic E-state index is -1.64. The Bertz CT molecular complexity index is 1160. The number of hydrogen-bond acceptors (Lipinski definition) is 14. The Balaban J connectivity index is 1.69. The van der Waals surface area contributed by atoms with Gasteiger partial charge in [0.2, 0.25) is 11.5 Å². The first-order valence-electron chi connectivity index (χ1n) is 13.2. The molecule has 9 atom stereocenters. The first-order chi connectivity index (χ1) is 20.1. The van der Waals surface area contributed by atoms with E-state index < -0.39 is 61.4 Å². The maximum atomic E-state index is 11.6. The van der Waals surface area contributed by atoms with Gasteiger partial charge in [0.05, 0.1) is 60.5 Å². The molecule has 0 bridgehead atoms. The molecule has 14 nitrogen and oxygen atoms in total. The van der Waals surface area contributed by atoms with E-state index in [1.54, 1.807) is 12.1 Å². The lowest BCUT2D eigenvalue weighted by atomic mass is 9.82. The fourth-order valence-electron chi connectivity index (χ4n) is 5.39. The Morgan fingerprint density at radius 3 is 1.83 bits per heavy atom. The average Bonchev–Trinajstić information content (AvgIpc) is 3.43. The number of aliphatic hydroxyl groups is 5. The van der Waals surface area contributed by atoms with Crippen molar-refractivity contribution < 1.29 is 68.9 Å². The smallest absolute Gasteiger partial charge is 0.200 e. The molecule has 2 fully saturated rings. The number of hydrogen-bond donors (Lipinski definition) is 7. The first kappa shape index (κ1) is 31.8. The van der Waals surface area contributed by atoms with Crippen LogP contribution in [-0.4, -0.2) is 115 Å². The highest BCUT2D eigenvalue weighted by Crippen LogP contribution is 2.49. The van der Waals surface area contributed by atoms with Crippen LogP contribution in [0.5, 0.6) is 34.5 Å². The van der Waals surface area contributed by atoms with Crippen LogP contribution in [0, 0.1) is 11.8 Å². The van der Waals surface area contributed by atoms with Crippen molar-refractivity contribution in [3.63, 3.8) is 0 Å². The first-order valence-corrected chi connectivity index (χ1v) is 13.2. The van der Waals surface area contributed by atoms with Crippen molar-refractivity contribution >= 4 is 0 Å². The van der Waals surface area contributed by atoms with Gasteiger partial charge in [-0.3, -0.25) is 0 Å². The highest BCUT2D eigenvalue weighted by atomic mass is 16.7. The van der Waals surface area contributed by atoms with Crippen LogP contribution in [0.1, 0.15) is 23.3 Å². The summed E-state index contributed by atoms with van der Waals surface area (Å²) in [6, 6.07) is 6.06. The molecule has 42 heavy (non-hydrogen) atoms. The van der Waals surface area contributed by atoms with Gasteiger partial charge in [-0.25, -0.2) is 0 Å². The van der Waals surface area contributed by atoms with Crippen LogP contribution in [-0.2, 0) is 14.2 Å². The second kappa shape index (κ2) is 13.5. The van der Waals surface area contributed by atoms with Gasteiger partial charge in [-0.2, -0.15) is 0 Å². The lowest BCUT2D eigenvalue weighted by Crippen LogP contribution is -2.59. The molecule has 2 aliphatic heterocycles. The van der Waals surface area contributed by atoms with Gasteiger partial charge in [0.15, 0.2) is 29.3 Å². The molecule has 0 aliphatic carbocycles. The summed E-state index contributed by atoms with van der Waals surface area (Å²) in [6.07, 6.45) is -9.36. The van der Waals surface area contributed by atoms with Crippen molar-refractivity contribution in [2.75, 3.05) is 48.3 Å². The molecule has 0 radical (unpaired) electrons. The van der Waals surface area contributed by atoms with E-state index in [4.69, 9.17) is 33.2 Å². The van der Waals surface area contributed by atoms with Gasteiger partial charge in [-0.15, -0.1) is 0 Å². The fourth-order valence-corrected chi connectivity index (χ4v) is 5.39. The number of phenolic OH excluding ortho intramolecular Hbond substituents is 2. The molecule has 14 heteroatoms. The van der Waals surface area contributed by atoms with E-state index in [1.165, 1.54) is 40.6 Å². The van der Waals surface area contributed by atoms with Crippen LogP contribution in [0.15, 0.2) is 24.3 Å². The highest BCUT2D eigenvalue weighted by molar-refractivity contribution is 5.54. The number of benzene rings is 2. The molecule has 2 saturated heterocycles. The highest BCUT2D eigenvalue weighted by Gasteiger charge is 2.47. The Labute approximate surface area is 242 Å². The Kier molecular flexibility index (Phi) is 10.2. The minimum Gasteiger partial charge on any atom is -0.502 e. The van der Waals surface area contributed by atoms with Crippen molar-refractivity contribution in [2.24, 2.45) is 11.8 Å². The zero-order valence-electron chi connectivity index (χ0n) is 23.6. The number of ether oxygens (including phenoxy) is 7. The second-order valence-corrected chi connectivity index (χ2v) is 10.1. The van der Waals surface area contributed by atoms with E-state index in [1.807, 2.05) is 0 Å². The van der Waals surface area contributed by atoms with E-state index in [9.17, 15) is 35.7 Å². The van der Waals surface area contributed by atoms with Crippen LogP contribution in [0.3, 0.4) is 0 Å². The van der Waals surface area contributed by atoms with Crippen molar-refractivity contribution in [3.05, 3.63) is 35.4 Å². The number of rotatable bonds is 11. The van der Waals surface area contributed by atoms with E-state index in [0.29, 0.717) is 11.1 Å². The lowest BCUT2D eigenvalue weighted by molar-refractivity contribution is -0.304. The normalized spacial score (nSPS) is 30.1. The molecule has 0 amide bonds. The third-order valence-electron chi connectivity index (χ3n) is 7.79. The van der Waals surface area contributed by atoms with Crippen molar-refractivity contribution in [1.82, 2.24) is 0 Å². The maximum absolute atomic E-state index is 11.6. The quantitative estimate of drug-likeness (QED) is 0.182. The summed E-state index contributed by atoms with van der Waals surface area (Å²) in [5.74, 6) is -1.32. The second-order valence-electron chi connectivity index (χ2n) is 10.1. The molecule has 4 rings (SSSR count). The lowest BCUT2D eigenvalue weighted by Gasteiger charge is -2.40. The van der Waals surface area contributed by atoms with Gasteiger partial charge in [-0.1, -0.05) is 0 Å². The van der Waals surface area contributed by atoms with Gasteiger partial charge in [0, 0.05) is 11.8 Å². The summed E-state index contributed by atoms with van der Waals surface area (Å²) in [7, 11) is 5.49. The molecule has 1 unspecified atom stereocenters. The summed E-state index contributed by atoms with van der Waals surface area (Å²) in [4.78, 5) is 0. The number of phenols is 2. The summed E-state index contributed by atoms with van der Waals surface area (Å²) in [5.41, 5.74) is 0.883. The summed E-state index contributed by atoms with van der Waals surface area (Å²) in [5, 5.41) is 72.7. The maximum Gasteiger partial charge on any atom is 0.200 e. The Hall–Kier alpha value is -3.08. The molecule has 2 aromatic rings. The minimum absolute atomic E-state index is 0.0333. The van der Waals surface area contributed by atoms with Crippen LogP contribution in [0.25, 0.3) is 0 Å². The van der Waals surface area contributed by atoms with Gasteiger partial charge >= 0.3 is 0 Å². The molecule has 2 aromatic carbocycles. The van der Waals surface area contributed by atoms with E-state index in [0.717, 1.165) is 0 Å². The summed E-state index contributed by atoms with van der Waals surface area (Å²) in [6.45, 7) is -0.780. The molecule has 2 heterocycles. The molecule has 0 saturated carbocycles. The summed E-state index contributed by atoms with van der Waals surface area (Å²) >= 11 is 0. The standard InChI is InChI=1S/C28H38O14/c1-36-16-5-12(6-17(37-2)22(16)31)21(30)14-10-40-27(13-7-18(38-3)23(32)19(8-13)39-4)15(14)11-41-28-26(35)25(34)24(33)20(9-29)42-28/h5-8,14-15,20-21,24-35H,9-11H2,1-4H3/t14-,15-,20+,21?,24+,25-,26+,27-,28+/m0/s1. The van der Waals surface area contributed by atoms with E-state index >= 15 is 0 Å². The molecule has 2 aliphatic rings. The van der Waals surface area contributed by atoms with Gasteiger partial charge in [0.25, 0.3) is 0 Å². The molecule has 0 spiro atoms. The fraction of sp³-hybridized carbons (Fsp3) is 0.571. The SMILES string of the molecule is COc1cc(C(O)[C@H]2CO[C@@H](c3cc(OC)c(O)c(OC)c3)[C@H]2CO[C@@H]2O[C@H](CO)[C@@H](O)[C@H](O)[C@H]2O)cc(OC)c1O. The third-order valence-corrected chi connectivity index (χ3v) is 7.79. The topological polar surface area (TPSA) is 206 Å². The van der Waals surface area contributed by atoms with E-state index in [2.05, 4.69) is 0 Å². The predicted octanol–water partition coefficient (Wildman–Crippen LogP) is -0.0140. The number of aliphatic hydroxyl groups excluding tert-OH is 5. The average molecular weight is 599 g/mol. The molecule has 7 N–H and O–H groups in total. The van der Waals surface area contributed by atoms with Crippen molar-refractivity contribution in [1.29, 1.82) is 0 Å². The van der Waals surface area contributed by atoms with Gasteiger partial charge in [-0.05, 0) is 35.4 Å². The number of aromatic hydroxyl groups is 2. The van der Waals surface area contributed by atoms with Crippen LogP contribution < -0.4 is 18.9 Å². The van der Waals surface area contributed by atoms with Crippen LogP contribution >= 0.6 is 0 Å². The Morgan fingerprint density at radius 2 is 1.33 bits per heavy atom. The zero-order chi connectivity index (χ0) is 30.7. The predicted molar refractivity (Wildman–Crippen MR) is 143 cm³/mol. The number of methoxy groups -OCH3 is 4. The summed E-state index contributed by atoms with van der Waals surface area (Å²) < 4.78 is 38.6. The largest absolute Gasteiger partial charge is 0.502 e. The van der Waals surface area contributed by atoms with Gasteiger partial charge in [0.1, 0.15) is 24.4 Å².